The average molecular weight is 488 g/mol. The minimum absolute atomic E-state index is 0.112. The lowest BCUT2D eigenvalue weighted by atomic mass is 9.94. The van der Waals surface area contributed by atoms with E-state index in [0.717, 1.165) is 35.5 Å². The fourth-order valence-corrected chi connectivity index (χ4v) is 5.98. The van der Waals surface area contributed by atoms with Gasteiger partial charge in [0.05, 0.1) is 28.8 Å². The number of thiophene rings is 1. The predicted octanol–water partition coefficient (Wildman–Crippen LogP) is 4.98. The van der Waals surface area contributed by atoms with E-state index in [2.05, 4.69) is 4.90 Å². The van der Waals surface area contributed by atoms with Gasteiger partial charge in [-0.2, -0.15) is 0 Å². The third-order valence-corrected chi connectivity index (χ3v) is 8.06. The van der Waals surface area contributed by atoms with E-state index in [4.69, 9.17) is 0 Å². The molecule has 0 spiro atoms. The normalized spacial score (nSPS) is 18.5. The van der Waals surface area contributed by atoms with Crippen LogP contribution >= 0.6 is 11.3 Å². The van der Waals surface area contributed by atoms with Crippen LogP contribution < -0.4 is 4.90 Å². The van der Waals surface area contributed by atoms with Crippen molar-refractivity contribution in [1.82, 2.24) is 9.80 Å². The van der Waals surface area contributed by atoms with Crippen molar-refractivity contribution < 1.29 is 14.4 Å². The van der Waals surface area contributed by atoms with Crippen LogP contribution in [0, 0.1) is 5.92 Å². The summed E-state index contributed by atoms with van der Waals surface area (Å²) in [5.74, 6) is -0.542. The van der Waals surface area contributed by atoms with Gasteiger partial charge in [-0.1, -0.05) is 42.5 Å². The maximum atomic E-state index is 13.5. The second-order valence-electron chi connectivity index (χ2n) is 9.34. The molecule has 3 heterocycles. The van der Waals surface area contributed by atoms with E-state index in [9.17, 15) is 14.4 Å². The first-order chi connectivity index (χ1) is 17.0. The van der Waals surface area contributed by atoms with Gasteiger partial charge in [0, 0.05) is 31.6 Å². The zero-order chi connectivity index (χ0) is 24.5. The number of benzene rings is 2. The van der Waals surface area contributed by atoms with E-state index >= 15 is 0 Å². The Hall–Kier alpha value is -3.45. The Morgan fingerprint density at radius 1 is 1.06 bits per heavy atom. The predicted molar refractivity (Wildman–Crippen MR) is 138 cm³/mol. The molecule has 0 N–H and O–H groups in total. The Bertz CT molecular complexity index is 1240. The Labute approximate surface area is 209 Å². The fraction of sp³-hybridized carbons (Fsp3) is 0.321. The van der Waals surface area contributed by atoms with Gasteiger partial charge in [0.25, 0.3) is 11.8 Å². The SMILES string of the molecule is C[C@@H](c1cccs1)N1C(=O)c2cccc(N3CCC[C@@H](C(=O)N(C)Cc4ccccc4)C3)c2C1=O. The molecule has 35 heavy (non-hydrogen) atoms. The molecule has 1 fully saturated rings. The number of imide groups is 1. The van der Waals surface area contributed by atoms with Crippen LogP contribution in [0.4, 0.5) is 5.69 Å². The molecule has 0 radical (unpaired) electrons. The highest BCUT2D eigenvalue weighted by molar-refractivity contribution is 7.10. The molecule has 1 aromatic heterocycles. The number of carbonyl (C=O) groups excluding carboxylic acids is 3. The van der Waals surface area contributed by atoms with Gasteiger partial charge in [0.1, 0.15) is 0 Å². The fourth-order valence-electron chi connectivity index (χ4n) is 5.20. The van der Waals surface area contributed by atoms with Gasteiger partial charge < -0.3 is 9.80 Å². The summed E-state index contributed by atoms with van der Waals surface area (Å²) in [5, 5.41) is 1.95. The molecule has 180 valence electrons. The van der Waals surface area contributed by atoms with Crippen LogP contribution in [-0.4, -0.2) is 47.7 Å². The van der Waals surface area contributed by atoms with Crippen LogP contribution in [0.15, 0.2) is 66.0 Å². The van der Waals surface area contributed by atoms with Crippen molar-refractivity contribution in [3.8, 4) is 0 Å². The molecule has 0 saturated carbocycles. The van der Waals surface area contributed by atoms with E-state index in [1.807, 2.05) is 73.9 Å². The third kappa shape index (κ3) is 4.36. The Morgan fingerprint density at radius 3 is 2.60 bits per heavy atom. The van der Waals surface area contributed by atoms with E-state index < -0.39 is 0 Å². The molecule has 3 aromatic rings. The minimum atomic E-state index is -0.322. The summed E-state index contributed by atoms with van der Waals surface area (Å²) < 4.78 is 0. The molecule has 0 bridgehead atoms. The van der Waals surface area contributed by atoms with Crippen LogP contribution in [0.25, 0.3) is 0 Å². The summed E-state index contributed by atoms with van der Waals surface area (Å²) in [4.78, 5) is 46.3. The first-order valence-corrected chi connectivity index (χ1v) is 12.9. The van der Waals surface area contributed by atoms with Gasteiger partial charge in [-0.05, 0) is 48.9 Å². The summed E-state index contributed by atoms with van der Waals surface area (Å²) in [6.45, 7) is 3.76. The second kappa shape index (κ2) is 9.66. The largest absolute Gasteiger partial charge is 0.370 e. The van der Waals surface area contributed by atoms with Crippen molar-refractivity contribution in [3.63, 3.8) is 0 Å². The minimum Gasteiger partial charge on any atom is -0.370 e. The van der Waals surface area contributed by atoms with E-state index in [-0.39, 0.29) is 29.7 Å². The maximum absolute atomic E-state index is 13.5. The number of carbonyl (C=O) groups is 3. The molecule has 5 rings (SSSR count). The number of hydrogen-bond donors (Lipinski definition) is 0. The summed E-state index contributed by atoms with van der Waals surface area (Å²) in [7, 11) is 1.85. The molecule has 7 heteroatoms. The second-order valence-corrected chi connectivity index (χ2v) is 10.3. The van der Waals surface area contributed by atoms with Gasteiger partial charge in [0.2, 0.25) is 5.91 Å². The van der Waals surface area contributed by atoms with Crippen LogP contribution in [0.1, 0.15) is 57.0 Å². The van der Waals surface area contributed by atoms with Gasteiger partial charge in [-0.25, -0.2) is 0 Å². The first kappa shape index (κ1) is 23.3. The molecular formula is C28H29N3O3S. The Morgan fingerprint density at radius 2 is 1.86 bits per heavy atom. The summed E-state index contributed by atoms with van der Waals surface area (Å²) >= 11 is 1.54. The lowest BCUT2D eigenvalue weighted by molar-refractivity contribution is -0.135. The monoisotopic (exact) mass is 487 g/mol. The number of piperidine rings is 1. The quantitative estimate of drug-likeness (QED) is 0.460. The average Bonchev–Trinajstić information content (AvgIpc) is 3.51. The lowest BCUT2D eigenvalue weighted by Gasteiger charge is -2.36. The van der Waals surface area contributed by atoms with Gasteiger partial charge >= 0.3 is 0 Å². The van der Waals surface area contributed by atoms with Crippen molar-refractivity contribution in [3.05, 3.63) is 87.6 Å². The highest BCUT2D eigenvalue weighted by Crippen LogP contribution is 2.38. The van der Waals surface area contributed by atoms with E-state index in [1.165, 1.54) is 4.90 Å². The standard InChI is InChI=1S/C28H29N3O3S/c1-19(24-14-8-16-35-24)31-27(33)22-12-6-13-23(25(22)28(31)34)30-15-7-11-21(18-30)26(32)29(2)17-20-9-4-3-5-10-20/h3-6,8-10,12-14,16,19,21H,7,11,15,17-18H2,1-2H3/t19-,21+/m0/s1. The molecule has 2 atom stereocenters. The van der Waals surface area contributed by atoms with Crippen molar-refractivity contribution >= 4 is 34.7 Å². The number of nitrogens with zero attached hydrogens (tertiary/aromatic N) is 3. The van der Waals surface area contributed by atoms with Crippen molar-refractivity contribution in [2.75, 3.05) is 25.0 Å². The maximum Gasteiger partial charge on any atom is 0.264 e. The summed E-state index contributed by atoms with van der Waals surface area (Å²) in [5.41, 5.74) is 2.77. The number of amides is 3. The van der Waals surface area contributed by atoms with Crippen LogP contribution in [0.3, 0.4) is 0 Å². The van der Waals surface area contributed by atoms with Crippen LogP contribution in [0.2, 0.25) is 0 Å². The molecule has 0 aliphatic carbocycles. The Balaban J connectivity index is 1.36. The van der Waals surface area contributed by atoms with Crippen LogP contribution in [0.5, 0.6) is 0 Å². The molecule has 2 aliphatic heterocycles. The zero-order valence-corrected chi connectivity index (χ0v) is 20.8. The van der Waals surface area contributed by atoms with Gasteiger partial charge in [-0.3, -0.25) is 19.3 Å². The number of anilines is 1. The van der Waals surface area contributed by atoms with Crippen molar-refractivity contribution in [1.29, 1.82) is 0 Å². The molecule has 3 amide bonds. The topological polar surface area (TPSA) is 60.9 Å². The zero-order valence-electron chi connectivity index (χ0n) is 20.0. The summed E-state index contributed by atoms with van der Waals surface area (Å²) in [6, 6.07) is 19.0. The molecule has 6 nitrogen and oxygen atoms in total. The van der Waals surface area contributed by atoms with E-state index in [1.54, 1.807) is 22.3 Å². The highest BCUT2D eigenvalue weighted by Gasteiger charge is 2.42. The highest BCUT2D eigenvalue weighted by atomic mass is 32.1. The summed E-state index contributed by atoms with van der Waals surface area (Å²) in [6.07, 6.45) is 1.68. The number of hydrogen-bond acceptors (Lipinski definition) is 5. The third-order valence-electron chi connectivity index (χ3n) is 7.02. The van der Waals surface area contributed by atoms with Gasteiger partial charge in [0.15, 0.2) is 0 Å². The lowest BCUT2D eigenvalue weighted by Crippen LogP contribution is -2.44. The van der Waals surface area contributed by atoms with Gasteiger partial charge in [-0.15, -0.1) is 11.3 Å². The van der Waals surface area contributed by atoms with Crippen molar-refractivity contribution in [2.24, 2.45) is 5.92 Å². The van der Waals surface area contributed by atoms with Crippen LogP contribution in [-0.2, 0) is 11.3 Å². The first-order valence-electron chi connectivity index (χ1n) is 12.0. The number of fused-ring (bicyclic) bond motifs is 1. The van der Waals surface area contributed by atoms with E-state index in [0.29, 0.717) is 24.2 Å². The molecule has 2 aromatic carbocycles. The molecular weight excluding hydrogens is 458 g/mol. The number of rotatable bonds is 6. The molecule has 2 aliphatic rings. The molecule has 1 saturated heterocycles. The molecule has 0 unspecified atom stereocenters. The Kier molecular flexibility index (Phi) is 6.43. The smallest absolute Gasteiger partial charge is 0.264 e. The van der Waals surface area contributed by atoms with Crippen molar-refractivity contribution in [2.45, 2.75) is 32.4 Å².